The van der Waals surface area contributed by atoms with Gasteiger partial charge in [-0.3, -0.25) is 0 Å². The van der Waals surface area contributed by atoms with Crippen LogP contribution in [-0.2, 0) is 6.42 Å². The third-order valence-electron chi connectivity index (χ3n) is 1.65. The maximum Gasteiger partial charge on any atom is 0.222 e. The topological polar surface area (TPSA) is 107 Å². The lowest BCUT2D eigenvalue weighted by Crippen LogP contribution is -2.10. The van der Waals surface area contributed by atoms with Crippen LogP contribution >= 0.6 is 0 Å². The minimum atomic E-state index is -0.0764. The molecule has 14 heavy (non-hydrogen) atoms. The van der Waals surface area contributed by atoms with Crippen LogP contribution in [0.1, 0.15) is 12.6 Å². The van der Waals surface area contributed by atoms with Gasteiger partial charge in [0.25, 0.3) is 0 Å². The molecule has 6 nitrogen and oxygen atoms in total. The van der Waals surface area contributed by atoms with E-state index in [0.717, 1.165) is 0 Å². The molecule has 1 aromatic heterocycles. The average Bonchev–Trinajstić information content (AvgIpc) is 2.15. The summed E-state index contributed by atoms with van der Waals surface area (Å²) in [5, 5.41) is 8.61. The molecule has 0 unspecified atom stereocenters. The Morgan fingerprint density at radius 3 is 2.64 bits per heavy atom. The molecule has 1 heterocycles. The largest absolute Gasteiger partial charge is 0.485 e. The lowest BCUT2D eigenvalue weighted by Gasteiger charge is -2.10. The standard InChI is InChI=1S/C8H14N4O2/c1-2-5-6(14-4-3-13)7(9)12-8(10)11-5/h13H,2-4H2,1H3,(H4,9,10,11,12). The van der Waals surface area contributed by atoms with Crippen LogP contribution in [0.3, 0.4) is 0 Å². The lowest BCUT2D eigenvalue weighted by molar-refractivity contribution is 0.200. The molecule has 0 radical (unpaired) electrons. The summed E-state index contributed by atoms with van der Waals surface area (Å²) in [7, 11) is 0. The summed E-state index contributed by atoms with van der Waals surface area (Å²) in [6.07, 6.45) is 0.650. The van der Waals surface area contributed by atoms with Gasteiger partial charge in [-0.05, 0) is 6.42 Å². The Balaban J connectivity index is 2.99. The van der Waals surface area contributed by atoms with Crippen molar-refractivity contribution in [2.45, 2.75) is 13.3 Å². The van der Waals surface area contributed by atoms with Crippen LogP contribution in [0, 0.1) is 0 Å². The number of nitrogen functional groups attached to an aromatic ring is 2. The second-order valence-electron chi connectivity index (χ2n) is 2.67. The fourth-order valence-corrected chi connectivity index (χ4v) is 1.08. The van der Waals surface area contributed by atoms with Crippen molar-refractivity contribution >= 4 is 11.8 Å². The quantitative estimate of drug-likeness (QED) is 0.606. The van der Waals surface area contributed by atoms with Gasteiger partial charge in [0.2, 0.25) is 5.95 Å². The second kappa shape index (κ2) is 4.61. The van der Waals surface area contributed by atoms with E-state index in [1.165, 1.54) is 0 Å². The van der Waals surface area contributed by atoms with Crippen LogP contribution in [0.4, 0.5) is 11.8 Å². The van der Waals surface area contributed by atoms with Gasteiger partial charge in [-0.1, -0.05) is 6.92 Å². The van der Waals surface area contributed by atoms with Crippen molar-refractivity contribution in [2.24, 2.45) is 0 Å². The van der Waals surface area contributed by atoms with Crippen LogP contribution in [0.25, 0.3) is 0 Å². The van der Waals surface area contributed by atoms with Crippen molar-refractivity contribution in [3.8, 4) is 5.75 Å². The number of aryl methyl sites for hydroxylation is 1. The molecule has 0 aliphatic rings. The van der Waals surface area contributed by atoms with Crippen molar-refractivity contribution < 1.29 is 9.84 Å². The molecule has 0 aliphatic carbocycles. The fourth-order valence-electron chi connectivity index (χ4n) is 1.08. The van der Waals surface area contributed by atoms with Crippen LogP contribution in [0.2, 0.25) is 0 Å². The van der Waals surface area contributed by atoms with Crippen LogP contribution < -0.4 is 16.2 Å². The van der Waals surface area contributed by atoms with E-state index in [0.29, 0.717) is 17.9 Å². The summed E-state index contributed by atoms with van der Waals surface area (Å²) in [6, 6.07) is 0. The van der Waals surface area contributed by atoms with Gasteiger partial charge in [0.1, 0.15) is 6.61 Å². The number of hydrogen-bond donors (Lipinski definition) is 3. The molecule has 0 fully saturated rings. The lowest BCUT2D eigenvalue weighted by atomic mass is 10.3. The van der Waals surface area contributed by atoms with Crippen LogP contribution in [0.5, 0.6) is 5.75 Å². The maximum atomic E-state index is 8.61. The summed E-state index contributed by atoms with van der Waals surface area (Å²) >= 11 is 0. The minimum absolute atomic E-state index is 0.0764. The van der Waals surface area contributed by atoms with Gasteiger partial charge in [0.15, 0.2) is 11.6 Å². The first kappa shape index (κ1) is 10.5. The number of anilines is 2. The molecule has 78 valence electrons. The molecule has 0 spiro atoms. The van der Waals surface area contributed by atoms with Crippen molar-refractivity contribution in [1.82, 2.24) is 9.97 Å². The molecule has 0 amide bonds. The zero-order valence-electron chi connectivity index (χ0n) is 8.03. The average molecular weight is 198 g/mol. The summed E-state index contributed by atoms with van der Waals surface area (Å²) in [5.74, 6) is 0.759. The smallest absolute Gasteiger partial charge is 0.222 e. The highest BCUT2D eigenvalue weighted by Crippen LogP contribution is 2.24. The third kappa shape index (κ3) is 2.23. The van der Waals surface area contributed by atoms with E-state index in [4.69, 9.17) is 21.3 Å². The van der Waals surface area contributed by atoms with E-state index >= 15 is 0 Å². The molecule has 0 saturated carbocycles. The Morgan fingerprint density at radius 1 is 1.36 bits per heavy atom. The van der Waals surface area contributed by atoms with E-state index in [1.807, 2.05) is 6.92 Å². The van der Waals surface area contributed by atoms with Gasteiger partial charge < -0.3 is 21.3 Å². The number of aromatic nitrogens is 2. The summed E-state index contributed by atoms with van der Waals surface area (Å²) < 4.78 is 5.21. The number of ether oxygens (including phenoxy) is 1. The SMILES string of the molecule is CCc1nc(N)nc(N)c1OCCO. The Hall–Kier alpha value is -1.56. The molecule has 6 heteroatoms. The van der Waals surface area contributed by atoms with E-state index in [9.17, 15) is 0 Å². The zero-order valence-corrected chi connectivity index (χ0v) is 8.03. The Bertz CT molecular complexity index is 316. The van der Waals surface area contributed by atoms with E-state index in [-0.39, 0.29) is 25.0 Å². The first-order chi connectivity index (χ1) is 6.69. The molecule has 0 atom stereocenters. The molecular weight excluding hydrogens is 184 g/mol. The van der Waals surface area contributed by atoms with Crippen molar-refractivity contribution in [2.75, 3.05) is 24.7 Å². The van der Waals surface area contributed by atoms with E-state index in [2.05, 4.69) is 9.97 Å². The fraction of sp³-hybridized carbons (Fsp3) is 0.500. The Kier molecular flexibility index (Phi) is 3.47. The van der Waals surface area contributed by atoms with Crippen LogP contribution in [0.15, 0.2) is 0 Å². The molecular formula is C8H14N4O2. The normalized spacial score (nSPS) is 10.1. The van der Waals surface area contributed by atoms with Gasteiger partial charge in [-0.2, -0.15) is 4.98 Å². The highest BCUT2D eigenvalue weighted by molar-refractivity contribution is 5.51. The van der Waals surface area contributed by atoms with Gasteiger partial charge in [-0.15, -0.1) is 0 Å². The van der Waals surface area contributed by atoms with E-state index in [1.54, 1.807) is 0 Å². The highest BCUT2D eigenvalue weighted by atomic mass is 16.5. The molecule has 1 aromatic rings. The van der Waals surface area contributed by atoms with Gasteiger partial charge in [0.05, 0.1) is 12.3 Å². The van der Waals surface area contributed by atoms with Gasteiger partial charge in [-0.25, -0.2) is 4.98 Å². The monoisotopic (exact) mass is 198 g/mol. The predicted octanol–water partition coefficient (Wildman–Crippen LogP) is -0.426. The molecule has 0 aliphatic heterocycles. The Morgan fingerprint density at radius 2 is 2.07 bits per heavy atom. The van der Waals surface area contributed by atoms with Crippen molar-refractivity contribution in [1.29, 1.82) is 0 Å². The number of nitrogens with zero attached hydrogens (tertiary/aromatic N) is 2. The van der Waals surface area contributed by atoms with Gasteiger partial charge in [0, 0.05) is 0 Å². The predicted molar refractivity (Wildman–Crippen MR) is 52.8 cm³/mol. The molecule has 1 rings (SSSR count). The molecule has 0 bridgehead atoms. The third-order valence-corrected chi connectivity index (χ3v) is 1.65. The van der Waals surface area contributed by atoms with Crippen molar-refractivity contribution in [3.63, 3.8) is 0 Å². The zero-order chi connectivity index (χ0) is 10.6. The van der Waals surface area contributed by atoms with Crippen LogP contribution in [-0.4, -0.2) is 28.3 Å². The summed E-state index contributed by atoms with van der Waals surface area (Å²) in [5.41, 5.74) is 11.7. The highest BCUT2D eigenvalue weighted by Gasteiger charge is 2.10. The molecule has 0 aromatic carbocycles. The summed E-state index contributed by atoms with van der Waals surface area (Å²) in [4.78, 5) is 7.76. The number of hydrogen-bond acceptors (Lipinski definition) is 6. The number of rotatable bonds is 4. The second-order valence-corrected chi connectivity index (χ2v) is 2.67. The van der Waals surface area contributed by atoms with Gasteiger partial charge >= 0.3 is 0 Å². The number of nitrogens with two attached hydrogens (primary N) is 2. The van der Waals surface area contributed by atoms with Crippen molar-refractivity contribution in [3.05, 3.63) is 5.69 Å². The van der Waals surface area contributed by atoms with E-state index < -0.39 is 0 Å². The first-order valence-electron chi connectivity index (χ1n) is 4.34. The maximum absolute atomic E-state index is 8.61. The Labute approximate surface area is 81.9 Å². The molecule has 0 saturated heterocycles. The molecule has 5 N–H and O–H groups in total. The minimum Gasteiger partial charge on any atom is -0.485 e. The number of aliphatic hydroxyl groups is 1. The first-order valence-corrected chi connectivity index (χ1v) is 4.34. The number of aliphatic hydroxyl groups excluding tert-OH is 1. The summed E-state index contributed by atoms with van der Waals surface area (Å²) in [6.45, 7) is 2.00.